The van der Waals surface area contributed by atoms with Crippen LogP contribution in [-0.4, -0.2) is 214 Å². The standard InChI is InChI=1S/C59H111NO20/c1-4-6-8-10-12-14-16-18-19-21-23-25-27-29-31-33-46(67)60-40(41(64)32-30-28-26-24-22-20-17-15-13-11-9-7-5-2)38-76-56-52(72)54(50(70)45(37-63)77-56)79-57-51(71)47(49(69)44(36-62)78-57)55(73)59(58(74)75)34-42(65)39(3)53(80-59)48(68)43(66)35-61/h30,32,39-45,47-58,61-66,68-75H,4-29,31,33-38H2,1-3H3,(H,60,67)/b32-30+. The second-order valence-corrected chi connectivity index (χ2v) is 23.3. The summed E-state index contributed by atoms with van der Waals surface area (Å²) < 4.78 is 29.3. The quantitative estimate of drug-likeness (QED) is 0.0237. The topological polar surface area (TPSA) is 358 Å². The van der Waals surface area contributed by atoms with Crippen LogP contribution in [0.2, 0.25) is 0 Å². The number of amides is 1. The molecule has 3 fully saturated rings. The van der Waals surface area contributed by atoms with Gasteiger partial charge in [0.15, 0.2) is 18.9 Å². The molecular weight excluding hydrogens is 1040 g/mol. The van der Waals surface area contributed by atoms with Gasteiger partial charge in [-0.15, -0.1) is 0 Å². The monoisotopic (exact) mass is 1150 g/mol. The number of carbonyl (C=O) groups excluding carboxylic acids is 1. The number of rotatable bonds is 44. The molecule has 21 nitrogen and oxygen atoms in total. The van der Waals surface area contributed by atoms with Gasteiger partial charge in [-0.3, -0.25) is 4.79 Å². The van der Waals surface area contributed by atoms with Gasteiger partial charge in [0.1, 0.15) is 54.4 Å². The van der Waals surface area contributed by atoms with Gasteiger partial charge in [0.2, 0.25) is 5.91 Å². The summed E-state index contributed by atoms with van der Waals surface area (Å²) in [6, 6.07) is -1.05. The molecule has 0 radical (unpaired) electrons. The fourth-order valence-electron chi connectivity index (χ4n) is 11.4. The summed E-state index contributed by atoms with van der Waals surface area (Å²) in [6.07, 6.45) is 4.12. The second kappa shape index (κ2) is 40.7. The Bertz CT molecular complexity index is 1600. The summed E-state index contributed by atoms with van der Waals surface area (Å²) in [7, 11) is 0. The molecule has 15 N–H and O–H groups in total. The number of hydrogen-bond acceptors (Lipinski definition) is 20. The van der Waals surface area contributed by atoms with Crippen molar-refractivity contribution < 1.29 is 100.0 Å². The van der Waals surface area contributed by atoms with Crippen LogP contribution in [0.3, 0.4) is 0 Å². The van der Waals surface area contributed by atoms with Crippen molar-refractivity contribution >= 4 is 5.91 Å². The maximum absolute atomic E-state index is 13.4. The van der Waals surface area contributed by atoms with Crippen molar-refractivity contribution in [2.45, 2.75) is 317 Å². The van der Waals surface area contributed by atoms with Crippen LogP contribution in [0.15, 0.2) is 12.2 Å². The van der Waals surface area contributed by atoms with Crippen molar-refractivity contribution in [1.29, 1.82) is 0 Å². The van der Waals surface area contributed by atoms with Crippen LogP contribution < -0.4 is 5.32 Å². The molecule has 0 aromatic carbocycles. The number of aliphatic hydroxyl groups excluding tert-OH is 13. The molecule has 3 rings (SSSR count). The molecule has 19 unspecified atom stereocenters. The first-order chi connectivity index (χ1) is 38.4. The van der Waals surface area contributed by atoms with E-state index in [2.05, 4.69) is 19.2 Å². The Labute approximate surface area is 477 Å². The molecular formula is C59H111NO20. The van der Waals surface area contributed by atoms with Crippen molar-refractivity contribution in [1.82, 2.24) is 5.32 Å². The fraction of sp³-hybridized carbons (Fsp3) is 0.949. The van der Waals surface area contributed by atoms with Crippen molar-refractivity contribution in [2.24, 2.45) is 11.8 Å². The zero-order valence-electron chi connectivity index (χ0n) is 48.7. The fourth-order valence-corrected chi connectivity index (χ4v) is 11.4. The van der Waals surface area contributed by atoms with Crippen molar-refractivity contribution in [3.05, 3.63) is 12.2 Å². The molecule has 80 heavy (non-hydrogen) atoms. The van der Waals surface area contributed by atoms with E-state index < -0.39 is 155 Å². The summed E-state index contributed by atoms with van der Waals surface area (Å²) in [6.45, 7) is 2.62. The molecule has 0 bridgehead atoms. The summed E-state index contributed by atoms with van der Waals surface area (Å²) in [5, 5.41) is 156. The van der Waals surface area contributed by atoms with E-state index in [1.165, 1.54) is 122 Å². The molecule has 0 saturated carbocycles. The number of carbonyl (C=O) groups is 1. The van der Waals surface area contributed by atoms with E-state index in [0.717, 1.165) is 44.9 Å². The number of hydrogen-bond donors (Lipinski definition) is 15. The molecule has 472 valence electrons. The highest BCUT2D eigenvalue weighted by molar-refractivity contribution is 5.76. The number of nitrogens with one attached hydrogen (secondary N) is 1. The zero-order valence-corrected chi connectivity index (χ0v) is 48.7. The van der Waals surface area contributed by atoms with Crippen molar-refractivity contribution in [2.75, 3.05) is 26.4 Å². The molecule has 3 heterocycles. The first-order valence-corrected chi connectivity index (χ1v) is 31.0. The minimum absolute atomic E-state index is 0.198. The largest absolute Gasteiger partial charge is 0.394 e. The molecule has 3 aliphatic rings. The Hall–Kier alpha value is -1.55. The highest BCUT2D eigenvalue weighted by Gasteiger charge is 2.62. The minimum atomic E-state index is -2.72. The average Bonchev–Trinajstić information content (AvgIpc) is 3.65. The first-order valence-electron chi connectivity index (χ1n) is 31.0. The third kappa shape index (κ3) is 23.7. The van der Waals surface area contributed by atoms with E-state index in [9.17, 15) is 76.3 Å². The van der Waals surface area contributed by atoms with Gasteiger partial charge in [0.05, 0.1) is 63.0 Å². The number of aliphatic hydroxyl groups is 14. The average molecular weight is 1150 g/mol. The maximum atomic E-state index is 13.4. The van der Waals surface area contributed by atoms with Crippen molar-refractivity contribution in [3.8, 4) is 0 Å². The molecule has 0 aromatic heterocycles. The van der Waals surface area contributed by atoms with E-state index in [-0.39, 0.29) is 12.3 Å². The molecule has 0 spiro atoms. The normalized spacial score (nSPS) is 31.4. The van der Waals surface area contributed by atoms with Crippen LogP contribution in [0.1, 0.15) is 207 Å². The molecule has 3 saturated heterocycles. The lowest BCUT2D eigenvalue weighted by atomic mass is 9.71. The van der Waals surface area contributed by atoms with Crippen LogP contribution >= 0.6 is 0 Å². The Kier molecular flexibility index (Phi) is 37.0. The highest BCUT2D eigenvalue weighted by atomic mass is 16.7. The summed E-state index contributed by atoms with van der Waals surface area (Å²) in [5.74, 6) is -3.34. The number of allylic oxidation sites excluding steroid dienone is 1. The van der Waals surface area contributed by atoms with Gasteiger partial charge in [-0.25, -0.2) is 0 Å². The molecule has 19 atom stereocenters. The number of unbranched alkanes of at least 4 members (excludes halogenated alkanes) is 25. The molecule has 1 amide bonds. The predicted octanol–water partition coefficient (Wildman–Crippen LogP) is 3.16. The molecule has 0 aromatic rings. The molecule has 3 aliphatic heterocycles. The Morgan fingerprint density at radius 1 is 0.625 bits per heavy atom. The van der Waals surface area contributed by atoms with Crippen LogP contribution in [0, 0.1) is 11.8 Å². The van der Waals surface area contributed by atoms with Gasteiger partial charge >= 0.3 is 0 Å². The van der Waals surface area contributed by atoms with Crippen molar-refractivity contribution in [3.63, 3.8) is 0 Å². The second-order valence-electron chi connectivity index (χ2n) is 23.3. The van der Waals surface area contributed by atoms with E-state index in [1.807, 2.05) is 6.08 Å². The van der Waals surface area contributed by atoms with E-state index >= 15 is 0 Å². The lowest BCUT2D eigenvalue weighted by molar-refractivity contribution is -0.374. The van der Waals surface area contributed by atoms with E-state index in [0.29, 0.717) is 12.8 Å². The highest BCUT2D eigenvalue weighted by Crippen LogP contribution is 2.44. The first kappa shape index (κ1) is 72.7. The third-order valence-corrected chi connectivity index (χ3v) is 16.8. The van der Waals surface area contributed by atoms with Gasteiger partial charge in [0.25, 0.3) is 0 Å². The van der Waals surface area contributed by atoms with Crippen LogP contribution in [0.4, 0.5) is 0 Å². The van der Waals surface area contributed by atoms with Crippen LogP contribution in [0.25, 0.3) is 0 Å². The van der Waals surface area contributed by atoms with Gasteiger partial charge in [-0.2, -0.15) is 0 Å². The molecule has 21 heteroatoms. The predicted molar refractivity (Wildman–Crippen MR) is 298 cm³/mol. The van der Waals surface area contributed by atoms with Gasteiger partial charge < -0.3 is 100 Å². The van der Waals surface area contributed by atoms with Crippen LogP contribution in [0.5, 0.6) is 0 Å². The van der Waals surface area contributed by atoms with Gasteiger partial charge in [-0.05, 0) is 19.3 Å². The van der Waals surface area contributed by atoms with Gasteiger partial charge in [-0.1, -0.05) is 187 Å². The maximum Gasteiger partial charge on any atom is 0.220 e. The number of ether oxygens (including phenoxy) is 5. The van der Waals surface area contributed by atoms with E-state index in [4.69, 9.17) is 23.7 Å². The Morgan fingerprint density at radius 2 is 1.10 bits per heavy atom. The smallest absolute Gasteiger partial charge is 0.220 e. The van der Waals surface area contributed by atoms with Crippen LogP contribution in [-0.2, 0) is 28.5 Å². The summed E-state index contributed by atoms with van der Waals surface area (Å²) >= 11 is 0. The summed E-state index contributed by atoms with van der Waals surface area (Å²) in [4.78, 5) is 13.4. The third-order valence-electron chi connectivity index (χ3n) is 16.8. The Morgan fingerprint density at radius 3 is 1.59 bits per heavy atom. The van der Waals surface area contributed by atoms with Gasteiger partial charge in [0, 0.05) is 24.7 Å². The Balaban J connectivity index is 1.70. The molecule has 0 aliphatic carbocycles. The summed E-state index contributed by atoms with van der Waals surface area (Å²) in [5.41, 5.74) is -2.72. The minimum Gasteiger partial charge on any atom is -0.394 e. The lowest BCUT2D eigenvalue weighted by Gasteiger charge is -2.54. The van der Waals surface area contributed by atoms with E-state index in [1.54, 1.807) is 6.08 Å². The SMILES string of the molecule is CCCCCCCCCCCCC/C=C/C(O)C(COC1OC(CO)C(O)C(OC2OC(CO)C(O)C(C(O)C3(C(O)O)CC(O)C(C)C(C(O)C(O)CO)O3)C2O)C1O)NC(=O)CCCCCCCCCCCCCCCCC. The lowest BCUT2D eigenvalue weighted by Crippen LogP contribution is -2.71. The zero-order chi connectivity index (χ0) is 59.0.